The van der Waals surface area contributed by atoms with Crippen LogP contribution in [0, 0.1) is 12.7 Å². The van der Waals surface area contributed by atoms with Gasteiger partial charge in [0.2, 0.25) is 0 Å². The molecule has 0 fully saturated rings. The van der Waals surface area contributed by atoms with E-state index in [9.17, 15) is 9.18 Å². The fraction of sp³-hybridized carbons (Fsp3) is 0.300. The molecule has 1 unspecified atom stereocenters. The van der Waals surface area contributed by atoms with Crippen LogP contribution in [0.25, 0.3) is 0 Å². The van der Waals surface area contributed by atoms with Gasteiger partial charge >= 0.3 is 5.97 Å². The van der Waals surface area contributed by atoms with E-state index < -0.39 is 11.2 Å². The van der Waals surface area contributed by atoms with Crippen LogP contribution >= 0.6 is 11.8 Å². The fourth-order valence-corrected chi connectivity index (χ4v) is 1.85. The van der Waals surface area contributed by atoms with Crippen molar-refractivity contribution in [3.8, 4) is 0 Å². The molecule has 0 saturated heterocycles. The summed E-state index contributed by atoms with van der Waals surface area (Å²) >= 11 is 1.21. The second-order valence-electron chi connectivity index (χ2n) is 3.01. The predicted molar refractivity (Wildman–Crippen MR) is 54.1 cm³/mol. The highest BCUT2D eigenvalue weighted by Crippen LogP contribution is 2.24. The van der Waals surface area contributed by atoms with E-state index in [0.717, 1.165) is 4.90 Å². The molecule has 1 atom stereocenters. The van der Waals surface area contributed by atoms with E-state index in [0.29, 0.717) is 5.56 Å². The zero-order valence-electron chi connectivity index (χ0n) is 7.95. The molecule has 0 bridgehead atoms. The summed E-state index contributed by atoms with van der Waals surface area (Å²) in [7, 11) is 0. The summed E-state index contributed by atoms with van der Waals surface area (Å²) in [4.78, 5) is 11.3. The van der Waals surface area contributed by atoms with E-state index in [-0.39, 0.29) is 5.82 Å². The molecule has 76 valence electrons. The first-order valence-electron chi connectivity index (χ1n) is 4.16. The highest BCUT2D eigenvalue weighted by molar-refractivity contribution is 8.00. The summed E-state index contributed by atoms with van der Waals surface area (Å²) in [6, 6.07) is 4.60. The first-order valence-corrected chi connectivity index (χ1v) is 5.04. The van der Waals surface area contributed by atoms with Gasteiger partial charge in [-0.2, -0.15) is 0 Å². The molecular weight excluding hydrogens is 203 g/mol. The van der Waals surface area contributed by atoms with Gasteiger partial charge in [0.05, 0.1) is 0 Å². The van der Waals surface area contributed by atoms with Gasteiger partial charge in [-0.05, 0) is 37.6 Å². The number of thioether (sulfide) groups is 1. The van der Waals surface area contributed by atoms with E-state index in [2.05, 4.69) is 0 Å². The Kier molecular flexibility index (Phi) is 3.52. The molecule has 4 heteroatoms. The second kappa shape index (κ2) is 4.46. The highest BCUT2D eigenvalue weighted by Gasteiger charge is 2.12. The van der Waals surface area contributed by atoms with Crippen LogP contribution in [-0.4, -0.2) is 16.3 Å². The quantitative estimate of drug-likeness (QED) is 0.786. The molecule has 1 aromatic rings. The monoisotopic (exact) mass is 214 g/mol. The van der Waals surface area contributed by atoms with Crippen LogP contribution in [0.1, 0.15) is 12.5 Å². The molecule has 0 aromatic heterocycles. The van der Waals surface area contributed by atoms with Gasteiger partial charge in [0, 0.05) is 4.90 Å². The minimum atomic E-state index is -0.864. The largest absolute Gasteiger partial charge is 0.480 e. The lowest BCUT2D eigenvalue weighted by Gasteiger charge is -2.06. The van der Waals surface area contributed by atoms with Crippen LogP contribution in [0.2, 0.25) is 0 Å². The Balaban J connectivity index is 2.78. The molecule has 0 heterocycles. The van der Waals surface area contributed by atoms with Gasteiger partial charge in [0.1, 0.15) is 11.1 Å². The first-order chi connectivity index (χ1) is 6.50. The Morgan fingerprint density at radius 1 is 1.57 bits per heavy atom. The van der Waals surface area contributed by atoms with Gasteiger partial charge in [-0.3, -0.25) is 4.79 Å². The van der Waals surface area contributed by atoms with E-state index in [1.165, 1.54) is 17.8 Å². The minimum Gasteiger partial charge on any atom is -0.480 e. The molecule has 0 spiro atoms. The summed E-state index contributed by atoms with van der Waals surface area (Å²) in [5.41, 5.74) is 0.535. The van der Waals surface area contributed by atoms with E-state index >= 15 is 0 Å². The number of hydrogen-bond acceptors (Lipinski definition) is 2. The molecule has 0 aliphatic rings. The smallest absolute Gasteiger partial charge is 0.316 e. The fourth-order valence-electron chi connectivity index (χ4n) is 0.945. The van der Waals surface area contributed by atoms with Crippen molar-refractivity contribution in [1.82, 2.24) is 0 Å². The molecule has 0 aliphatic heterocycles. The zero-order valence-corrected chi connectivity index (χ0v) is 8.77. The molecular formula is C10H11FO2S. The van der Waals surface area contributed by atoms with Crippen molar-refractivity contribution in [1.29, 1.82) is 0 Å². The number of aryl methyl sites for hydroxylation is 1. The number of benzene rings is 1. The SMILES string of the molecule is Cc1cc(SC(C)C(=O)O)ccc1F. The molecule has 0 radical (unpaired) electrons. The van der Waals surface area contributed by atoms with Crippen LogP contribution in [0.15, 0.2) is 23.1 Å². The normalized spacial score (nSPS) is 12.5. The lowest BCUT2D eigenvalue weighted by molar-refractivity contribution is -0.136. The van der Waals surface area contributed by atoms with Crippen molar-refractivity contribution in [2.24, 2.45) is 0 Å². The van der Waals surface area contributed by atoms with Crippen LogP contribution in [0.3, 0.4) is 0 Å². The van der Waals surface area contributed by atoms with Crippen LogP contribution in [0.4, 0.5) is 4.39 Å². The maximum atomic E-state index is 12.9. The molecule has 0 saturated carbocycles. The summed E-state index contributed by atoms with van der Waals surface area (Å²) in [5.74, 6) is -1.13. The summed E-state index contributed by atoms with van der Waals surface area (Å²) in [6.07, 6.45) is 0. The lowest BCUT2D eigenvalue weighted by atomic mass is 10.2. The van der Waals surface area contributed by atoms with Crippen molar-refractivity contribution in [3.63, 3.8) is 0 Å². The molecule has 1 aromatic carbocycles. The number of aliphatic carboxylic acids is 1. The number of halogens is 1. The Morgan fingerprint density at radius 3 is 2.71 bits per heavy atom. The average Bonchev–Trinajstić information content (AvgIpc) is 2.11. The summed E-state index contributed by atoms with van der Waals surface area (Å²) < 4.78 is 12.9. The van der Waals surface area contributed by atoms with Crippen molar-refractivity contribution in [2.45, 2.75) is 24.0 Å². The Bertz CT molecular complexity index is 352. The van der Waals surface area contributed by atoms with Gasteiger partial charge in [0.25, 0.3) is 0 Å². The third kappa shape index (κ3) is 2.73. The predicted octanol–water partition coefficient (Wildman–Crippen LogP) is 2.70. The summed E-state index contributed by atoms with van der Waals surface area (Å²) in [6.45, 7) is 3.26. The maximum absolute atomic E-state index is 12.9. The van der Waals surface area contributed by atoms with Crippen LogP contribution in [-0.2, 0) is 4.79 Å². The van der Waals surface area contributed by atoms with Crippen LogP contribution < -0.4 is 0 Å². The number of carboxylic acid groups (broad SMARTS) is 1. The molecule has 1 rings (SSSR count). The van der Waals surface area contributed by atoms with E-state index in [1.54, 1.807) is 26.0 Å². The van der Waals surface area contributed by atoms with E-state index in [4.69, 9.17) is 5.11 Å². The molecule has 1 N–H and O–H groups in total. The molecule has 14 heavy (non-hydrogen) atoms. The van der Waals surface area contributed by atoms with Crippen LogP contribution in [0.5, 0.6) is 0 Å². The van der Waals surface area contributed by atoms with E-state index in [1.807, 2.05) is 0 Å². The zero-order chi connectivity index (χ0) is 10.7. The van der Waals surface area contributed by atoms with Gasteiger partial charge in [-0.25, -0.2) is 4.39 Å². The number of carbonyl (C=O) groups is 1. The van der Waals surface area contributed by atoms with Crippen molar-refractivity contribution in [2.75, 3.05) is 0 Å². The standard InChI is InChI=1S/C10H11FO2S/c1-6-5-8(3-4-9(6)11)14-7(2)10(12)13/h3-5,7H,1-2H3,(H,12,13). The maximum Gasteiger partial charge on any atom is 0.316 e. The topological polar surface area (TPSA) is 37.3 Å². The van der Waals surface area contributed by atoms with Gasteiger partial charge in [-0.15, -0.1) is 11.8 Å². The number of rotatable bonds is 3. The lowest BCUT2D eigenvalue weighted by Crippen LogP contribution is -2.10. The van der Waals surface area contributed by atoms with Gasteiger partial charge in [0.15, 0.2) is 0 Å². The van der Waals surface area contributed by atoms with Crippen molar-refractivity contribution in [3.05, 3.63) is 29.6 Å². The second-order valence-corrected chi connectivity index (χ2v) is 4.42. The highest BCUT2D eigenvalue weighted by atomic mass is 32.2. The third-order valence-corrected chi connectivity index (χ3v) is 2.87. The molecule has 0 aliphatic carbocycles. The average molecular weight is 214 g/mol. The van der Waals surface area contributed by atoms with Gasteiger partial charge in [-0.1, -0.05) is 0 Å². The van der Waals surface area contributed by atoms with Crippen molar-refractivity contribution < 1.29 is 14.3 Å². The number of hydrogen-bond donors (Lipinski definition) is 1. The van der Waals surface area contributed by atoms with Crippen molar-refractivity contribution >= 4 is 17.7 Å². The third-order valence-electron chi connectivity index (χ3n) is 1.79. The Morgan fingerprint density at radius 2 is 2.21 bits per heavy atom. The van der Waals surface area contributed by atoms with Gasteiger partial charge < -0.3 is 5.11 Å². The molecule has 2 nitrogen and oxygen atoms in total. The number of carboxylic acids is 1. The first kappa shape index (κ1) is 11.0. The Labute approximate surface area is 86.1 Å². The molecule has 0 amide bonds. The Hall–Kier alpha value is -1.03. The minimum absolute atomic E-state index is 0.266. The summed E-state index contributed by atoms with van der Waals surface area (Å²) in [5, 5.41) is 8.16.